The van der Waals surface area contributed by atoms with Crippen LogP contribution in [0.2, 0.25) is 0 Å². The average Bonchev–Trinajstić information content (AvgIpc) is 2.76. The van der Waals surface area contributed by atoms with Crippen LogP contribution >= 0.6 is 11.5 Å². The zero-order chi connectivity index (χ0) is 9.10. The van der Waals surface area contributed by atoms with E-state index in [4.69, 9.17) is 0 Å². The van der Waals surface area contributed by atoms with Crippen LogP contribution in [0.5, 0.6) is 0 Å². The molecule has 72 valence electrons. The highest BCUT2D eigenvalue weighted by Crippen LogP contribution is 2.14. The highest BCUT2D eigenvalue weighted by atomic mass is 32.1. The Morgan fingerprint density at radius 3 is 3.23 bits per heavy atom. The van der Waals surface area contributed by atoms with E-state index in [0.717, 1.165) is 30.5 Å². The molecule has 2 N–H and O–H groups in total. The maximum atomic E-state index is 4.36. The molecule has 0 spiro atoms. The molecule has 13 heavy (non-hydrogen) atoms. The normalized spacial score (nSPS) is 22.1. The lowest BCUT2D eigenvalue weighted by molar-refractivity contribution is 0.790. The van der Waals surface area contributed by atoms with Crippen LogP contribution in [0.25, 0.3) is 0 Å². The van der Waals surface area contributed by atoms with Crippen molar-refractivity contribution in [2.75, 3.05) is 18.4 Å². The molecule has 1 aliphatic heterocycles. The minimum atomic E-state index is 0.539. The third-order valence-corrected chi connectivity index (χ3v) is 2.86. The van der Waals surface area contributed by atoms with Gasteiger partial charge in [0.15, 0.2) is 0 Å². The number of rotatable bonds is 3. The molecule has 4 nitrogen and oxygen atoms in total. The van der Waals surface area contributed by atoms with E-state index in [0.29, 0.717) is 6.04 Å². The van der Waals surface area contributed by atoms with Gasteiger partial charge in [-0.3, -0.25) is 0 Å². The fourth-order valence-corrected chi connectivity index (χ4v) is 2.14. The first kappa shape index (κ1) is 8.90. The van der Waals surface area contributed by atoms with E-state index < -0.39 is 0 Å². The van der Waals surface area contributed by atoms with E-state index in [-0.39, 0.29) is 0 Å². The van der Waals surface area contributed by atoms with Crippen LogP contribution in [0.3, 0.4) is 0 Å². The summed E-state index contributed by atoms with van der Waals surface area (Å²) in [6.07, 6.45) is 2.10. The van der Waals surface area contributed by atoms with E-state index in [2.05, 4.69) is 26.9 Å². The molecule has 0 radical (unpaired) electrons. The Kier molecular flexibility index (Phi) is 2.75. The predicted molar refractivity (Wildman–Crippen MR) is 54.2 cm³/mol. The Hall–Kier alpha value is -0.680. The van der Waals surface area contributed by atoms with Crippen molar-refractivity contribution in [3.05, 3.63) is 5.82 Å². The van der Waals surface area contributed by atoms with Gasteiger partial charge in [0.1, 0.15) is 5.82 Å². The van der Waals surface area contributed by atoms with Crippen molar-refractivity contribution in [3.63, 3.8) is 0 Å². The topological polar surface area (TPSA) is 49.8 Å². The highest BCUT2D eigenvalue weighted by molar-refractivity contribution is 7.09. The van der Waals surface area contributed by atoms with E-state index in [1.165, 1.54) is 18.0 Å². The lowest BCUT2D eigenvalue weighted by Gasteiger charge is -2.07. The molecular weight excluding hydrogens is 184 g/mol. The Bertz CT molecular complexity index is 267. The van der Waals surface area contributed by atoms with Crippen LogP contribution in [0.4, 0.5) is 5.13 Å². The monoisotopic (exact) mass is 198 g/mol. The van der Waals surface area contributed by atoms with Gasteiger partial charge in [-0.15, -0.1) is 0 Å². The molecule has 0 saturated carbocycles. The SMILES string of the molecule is CCc1nsc(NC2CCNC2)n1. The first-order valence-electron chi connectivity index (χ1n) is 4.68. The molecule has 1 fully saturated rings. The summed E-state index contributed by atoms with van der Waals surface area (Å²) in [5.41, 5.74) is 0. The number of nitrogens with one attached hydrogen (secondary N) is 2. The maximum Gasteiger partial charge on any atom is 0.202 e. The zero-order valence-electron chi connectivity index (χ0n) is 7.71. The van der Waals surface area contributed by atoms with Crippen LogP contribution in [0, 0.1) is 0 Å². The highest BCUT2D eigenvalue weighted by Gasteiger charge is 2.15. The molecule has 1 aliphatic rings. The van der Waals surface area contributed by atoms with Gasteiger partial charge in [0.05, 0.1) is 0 Å². The van der Waals surface area contributed by atoms with Crippen molar-refractivity contribution in [1.29, 1.82) is 0 Å². The van der Waals surface area contributed by atoms with Gasteiger partial charge >= 0.3 is 0 Å². The molecular formula is C8H14N4S. The minimum absolute atomic E-state index is 0.539. The molecule has 1 unspecified atom stereocenters. The zero-order valence-corrected chi connectivity index (χ0v) is 8.52. The minimum Gasteiger partial charge on any atom is -0.356 e. The van der Waals surface area contributed by atoms with Gasteiger partial charge in [0.25, 0.3) is 0 Å². The van der Waals surface area contributed by atoms with Crippen molar-refractivity contribution in [2.45, 2.75) is 25.8 Å². The third-order valence-electron chi connectivity index (χ3n) is 2.17. The number of anilines is 1. The second-order valence-corrected chi connectivity index (χ2v) is 3.96. The summed E-state index contributed by atoms with van der Waals surface area (Å²) < 4.78 is 4.22. The van der Waals surface area contributed by atoms with E-state index in [1.807, 2.05) is 0 Å². The molecule has 0 bridgehead atoms. The molecule has 2 rings (SSSR count). The Balaban J connectivity index is 1.92. The number of nitrogens with zero attached hydrogens (tertiary/aromatic N) is 2. The number of aromatic nitrogens is 2. The van der Waals surface area contributed by atoms with Gasteiger partial charge in [-0.1, -0.05) is 6.92 Å². The molecule has 1 saturated heterocycles. The van der Waals surface area contributed by atoms with Gasteiger partial charge in [-0.05, 0) is 13.0 Å². The summed E-state index contributed by atoms with van der Waals surface area (Å²) in [6, 6.07) is 0.539. The summed E-state index contributed by atoms with van der Waals surface area (Å²) in [7, 11) is 0. The lowest BCUT2D eigenvalue weighted by atomic mass is 10.3. The van der Waals surface area contributed by atoms with Gasteiger partial charge < -0.3 is 10.6 Å². The summed E-state index contributed by atoms with van der Waals surface area (Å²) in [4.78, 5) is 4.36. The average molecular weight is 198 g/mol. The van der Waals surface area contributed by atoms with Crippen molar-refractivity contribution in [3.8, 4) is 0 Å². The van der Waals surface area contributed by atoms with Crippen molar-refractivity contribution in [1.82, 2.24) is 14.7 Å². The summed E-state index contributed by atoms with van der Waals surface area (Å²) in [5.74, 6) is 0.943. The first-order chi connectivity index (χ1) is 6.38. The molecule has 0 aliphatic carbocycles. The number of hydrogen-bond donors (Lipinski definition) is 2. The fourth-order valence-electron chi connectivity index (χ4n) is 1.41. The van der Waals surface area contributed by atoms with E-state index in [1.54, 1.807) is 0 Å². The number of aryl methyl sites for hydroxylation is 1. The van der Waals surface area contributed by atoms with Gasteiger partial charge in [0, 0.05) is 30.5 Å². The van der Waals surface area contributed by atoms with Crippen LogP contribution < -0.4 is 10.6 Å². The summed E-state index contributed by atoms with van der Waals surface area (Å²) >= 11 is 1.46. The summed E-state index contributed by atoms with van der Waals surface area (Å²) in [6.45, 7) is 4.22. The lowest BCUT2D eigenvalue weighted by Crippen LogP contribution is -2.21. The van der Waals surface area contributed by atoms with Crippen molar-refractivity contribution >= 4 is 16.7 Å². The Morgan fingerprint density at radius 2 is 2.62 bits per heavy atom. The first-order valence-corrected chi connectivity index (χ1v) is 5.45. The van der Waals surface area contributed by atoms with Crippen LogP contribution in [-0.2, 0) is 6.42 Å². The van der Waals surface area contributed by atoms with Gasteiger partial charge in [0.2, 0.25) is 5.13 Å². The van der Waals surface area contributed by atoms with Gasteiger partial charge in [-0.25, -0.2) is 4.98 Å². The molecule has 0 amide bonds. The molecule has 1 atom stereocenters. The fraction of sp³-hybridized carbons (Fsp3) is 0.750. The Morgan fingerprint density at radius 1 is 1.69 bits per heavy atom. The second kappa shape index (κ2) is 4.02. The molecule has 1 aromatic heterocycles. The Labute approximate surface area is 81.9 Å². The summed E-state index contributed by atoms with van der Waals surface area (Å²) in [5, 5.41) is 7.65. The van der Waals surface area contributed by atoms with E-state index in [9.17, 15) is 0 Å². The van der Waals surface area contributed by atoms with Crippen molar-refractivity contribution < 1.29 is 0 Å². The maximum absolute atomic E-state index is 4.36. The van der Waals surface area contributed by atoms with Crippen LogP contribution in [0.1, 0.15) is 19.2 Å². The molecule has 1 aromatic rings. The quantitative estimate of drug-likeness (QED) is 0.757. The van der Waals surface area contributed by atoms with Crippen LogP contribution in [0.15, 0.2) is 0 Å². The smallest absolute Gasteiger partial charge is 0.202 e. The largest absolute Gasteiger partial charge is 0.356 e. The van der Waals surface area contributed by atoms with E-state index >= 15 is 0 Å². The second-order valence-electron chi connectivity index (χ2n) is 3.20. The van der Waals surface area contributed by atoms with Crippen LogP contribution in [-0.4, -0.2) is 28.5 Å². The molecule has 0 aromatic carbocycles. The van der Waals surface area contributed by atoms with Crippen molar-refractivity contribution in [2.24, 2.45) is 0 Å². The van der Waals surface area contributed by atoms with Gasteiger partial charge in [-0.2, -0.15) is 4.37 Å². The molecule has 5 heteroatoms. The number of hydrogen-bond acceptors (Lipinski definition) is 5. The standard InChI is InChI=1S/C8H14N4S/c1-2-7-11-8(13-12-7)10-6-3-4-9-5-6/h6,9H,2-5H2,1H3,(H,10,11,12). The predicted octanol–water partition coefficient (Wildman–Crippen LogP) is 0.874. The molecule has 2 heterocycles. The third kappa shape index (κ3) is 2.16.